The van der Waals surface area contributed by atoms with Crippen molar-refractivity contribution in [2.24, 2.45) is 0 Å². The van der Waals surface area contributed by atoms with E-state index in [2.05, 4.69) is 12.1 Å². The number of carboxylic acids is 1. The fourth-order valence-corrected chi connectivity index (χ4v) is 3.95. The first-order chi connectivity index (χ1) is 14.1. The lowest BCUT2D eigenvalue weighted by atomic mass is 10.0. The topological polar surface area (TPSA) is 59.3 Å². The van der Waals surface area contributed by atoms with Crippen molar-refractivity contribution in [2.45, 2.75) is 11.3 Å². The van der Waals surface area contributed by atoms with Crippen LogP contribution in [0.2, 0.25) is 0 Å². The molecule has 1 aromatic heterocycles. The van der Waals surface area contributed by atoms with Gasteiger partial charge in [-0.15, -0.1) is 11.8 Å². The van der Waals surface area contributed by atoms with Crippen LogP contribution in [0, 0.1) is 0 Å². The van der Waals surface area contributed by atoms with E-state index in [1.807, 2.05) is 60.9 Å². The van der Waals surface area contributed by atoms with Gasteiger partial charge in [0.2, 0.25) is 0 Å². The number of carboxylic acid groups (broad SMARTS) is 1. The van der Waals surface area contributed by atoms with E-state index in [-0.39, 0.29) is 12.3 Å². The summed E-state index contributed by atoms with van der Waals surface area (Å²) in [5.74, 6) is -1.10. The maximum atomic E-state index is 13.3. The van der Waals surface area contributed by atoms with Crippen LogP contribution in [0.3, 0.4) is 0 Å². The normalized spacial score (nSPS) is 10.9. The molecule has 1 heterocycles. The number of carbonyl (C=O) groups is 2. The van der Waals surface area contributed by atoms with Crippen LogP contribution in [0.4, 0.5) is 0 Å². The van der Waals surface area contributed by atoms with Gasteiger partial charge in [0.05, 0.1) is 11.9 Å². The first-order valence-electron chi connectivity index (χ1n) is 9.17. The molecule has 0 aliphatic carbocycles. The van der Waals surface area contributed by atoms with Crippen molar-refractivity contribution in [1.82, 2.24) is 4.57 Å². The van der Waals surface area contributed by atoms with Crippen molar-refractivity contribution < 1.29 is 14.7 Å². The number of nitrogens with zero attached hydrogens (tertiary/aromatic N) is 1. The summed E-state index contributed by atoms with van der Waals surface area (Å²) in [6.07, 6.45) is 3.55. The fraction of sp³-hybridized carbons (Fsp3) is 0.0833. The van der Waals surface area contributed by atoms with Gasteiger partial charge in [-0.05, 0) is 53.3 Å². The highest BCUT2D eigenvalue weighted by molar-refractivity contribution is 7.98. The molecule has 0 fully saturated rings. The van der Waals surface area contributed by atoms with Crippen LogP contribution >= 0.6 is 11.8 Å². The van der Waals surface area contributed by atoms with Gasteiger partial charge in [-0.25, -0.2) is 0 Å². The predicted octanol–water partition coefficient (Wildman–Crippen LogP) is 5.35. The van der Waals surface area contributed by atoms with Gasteiger partial charge in [-0.2, -0.15) is 0 Å². The number of benzene rings is 3. The average Bonchev–Trinajstić information content (AvgIpc) is 3.11. The Morgan fingerprint density at radius 3 is 2.41 bits per heavy atom. The number of aromatic nitrogens is 1. The number of carbonyl (C=O) groups excluding carboxylic acids is 1. The van der Waals surface area contributed by atoms with Gasteiger partial charge in [0.15, 0.2) is 0 Å². The second kappa shape index (κ2) is 7.97. The zero-order chi connectivity index (χ0) is 20.4. The highest BCUT2D eigenvalue weighted by Gasteiger charge is 2.17. The Balaban J connectivity index is 1.77. The average molecular weight is 401 g/mol. The summed E-state index contributed by atoms with van der Waals surface area (Å²) in [5.41, 5.74) is 3.91. The number of rotatable bonds is 5. The molecule has 0 bridgehead atoms. The van der Waals surface area contributed by atoms with Gasteiger partial charge in [-0.1, -0.05) is 42.5 Å². The fourth-order valence-electron chi connectivity index (χ4n) is 3.50. The second-order valence-corrected chi connectivity index (χ2v) is 7.61. The van der Waals surface area contributed by atoms with E-state index < -0.39 is 5.97 Å². The Labute approximate surface area is 172 Å². The molecule has 3 aromatic carbocycles. The zero-order valence-corrected chi connectivity index (χ0v) is 16.6. The molecule has 5 heteroatoms. The number of hydrogen-bond acceptors (Lipinski definition) is 3. The van der Waals surface area contributed by atoms with Gasteiger partial charge in [0, 0.05) is 22.0 Å². The van der Waals surface area contributed by atoms with Crippen LogP contribution in [0.15, 0.2) is 83.9 Å². The molecular weight excluding hydrogens is 382 g/mol. The lowest BCUT2D eigenvalue weighted by Crippen LogP contribution is -2.11. The number of thioether (sulfide) groups is 1. The van der Waals surface area contributed by atoms with Crippen molar-refractivity contribution in [3.05, 3.63) is 90.1 Å². The Kier molecular flexibility index (Phi) is 5.23. The lowest BCUT2D eigenvalue weighted by molar-refractivity contribution is -0.136. The van der Waals surface area contributed by atoms with E-state index in [1.165, 1.54) is 0 Å². The summed E-state index contributed by atoms with van der Waals surface area (Å²) in [6, 6.07) is 23.1. The maximum absolute atomic E-state index is 13.3. The van der Waals surface area contributed by atoms with Gasteiger partial charge in [0.25, 0.3) is 5.91 Å². The number of para-hydroxylation sites is 1. The van der Waals surface area contributed by atoms with Crippen molar-refractivity contribution in [1.29, 1.82) is 0 Å². The zero-order valence-electron chi connectivity index (χ0n) is 15.8. The third kappa shape index (κ3) is 3.82. The molecule has 29 heavy (non-hydrogen) atoms. The SMILES string of the molecule is CSc1cccc(-c2cccc(C(=O)n3cc(CC(=O)O)c4ccccc43)c2)c1. The molecule has 1 N–H and O–H groups in total. The molecule has 4 nitrogen and oxygen atoms in total. The number of hydrogen-bond donors (Lipinski definition) is 1. The summed E-state index contributed by atoms with van der Waals surface area (Å²) in [4.78, 5) is 25.7. The molecule has 0 unspecified atom stereocenters. The molecule has 4 aromatic rings. The lowest BCUT2D eigenvalue weighted by Gasteiger charge is -2.08. The highest BCUT2D eigenvalue weighted by atomic mass is 32.2. The quantitative estimate of drug-likeness (QED) is 0.458. The molecule has 0 atom stereocenters. The molecule has 0 spiro atoms. The van der Waals surface area contributed by atoms with E-state index in [0.717, 1.165) is 21.4 Å². The first kappa shape index (κ1) is 19.0. The molecule has 144 valence electrons. The molecule has 0 aliphatic heterocycles. The van der Waals surface area contributed by atoms with Crippen LogP contribution < -0.4 is 0 Å². The van der Waals surface area contributed by atoms with Gasteiger partial charge >= 0.3 is 5.97 Å². The van der Waals surface area contributed by atoms with Crippen molar-refractivity contribution >= 4 is 34.5 Å². The monoisotopic (exact) mass is 401 g/mol. The third-order valence-electron chi connectivity index (χ3n) is 4.87. The van der Waals surface area contributed by atoms with Crippen molar-refractivity contribution in [2.75, 3.05) is 6.26 Å². The highest BCUT2D eigenvalue weighted by Crippen LogP contribution is 2.27. The Morgan fingerprint density at radius 2 is 1.66 bits per heavy atom. The number of aliphatic carboxylic acids is 1. The minimum atomic E-state index is -0.920. The second-order valence-electron chi connectivity index (χ2n) is 6.73. The van der Waals surface area contributed by atoms with E-state index in [9.17, 15) is 14.7 Å². The van der Waals surface area contributed by atoms with Crippen LogP contribution in [-0.2, 0) is 11.2 Å². The molecule has 0 radical (unpaired) electrons. The van der Waals surface area contributed by atoms with Crippen LogP contribution in [0.1, 0.15) is 15.9 Å². The van der Waals surface area contributed by atoms with Crippen LogP contribution in [-0.4, -0.2) is 27.8 Å². The van der Waals surface area contributed by atoms with Crippen LogP contribution in [0.25, 0.3) is 22.0 Å². The molecule has 0 aliphatic rings. The van der Waals surface area contributed by atoms with E-state index >= 15 is 0 Å². The van der Waals surface area contributed by atoms with E-state index in [1.54, 1.807) is 28.6 Å². The van der Waals surface area contributed by atoms with Gasteiger partial charge < -0.3 is 5.11 Å². The third-order valence-corrected chi connectivity index (χ3v) is 5.59. The summed E-state index contributed by atoms with van der Waals surface area (Å²) in [7, 11) is 0. The van der Waals surface area contributed by atoms with Crippen LogP contribution in [0.5, 0.6) is 0 Å². The Bertz CT molecular complexity index is 1230. The summed E-state index contributed by atoms with van der Waals surface area (Å²) >= 11 is 1.67. The predicted molar refractivity (Wildman–Crippen MR) is 117 cm³/mol. The van der Waals surface area contributed by atoms with E-state index in [0.29, 0.717) is 16.6 Å². The van der Waals surface area contributed by atoms with Crippen molar-refractivity contribution in [3.63, 3.8) is 0 Å². The molecular formula is C24H19NO3S. The first-order valence-corrected chi connectivity index (χ1v) is 10.4. The standard InChI is InChI=1S/C24H19NO3S/c1-29-20-9-5-7-17(13-20)16-6-4-8-18(12-16)24(28)25-15-19(14-23(26)27)21-10-2-3-11-22(21)25/h2-13,15H,14H2,1H3,(H,26,27). The van der Waals surface area contributed by atoms with Gasteiger partial charge in [0.1, 0.15) is 0 Å². The minimum Gasteiger partial charge on any atom is -0.481 e. The number of fused-ring (bicyclic) bond motifs is 1. The molecule has 0 saturated carbocycles. The summed E-state index contributed by atoms with van der Waals surface area (Å²) in [5, 5.41) is 9.98. The largest absolute Gasteiger partial charge is 0.481 e. The summed E-state index contributed by atoms with van der Waals surface area (Å²) in [6.45, 7) is 0. The van der Waals surface area contributed by atoms with E-state index in [4.69, 9.17) is 0 Å². The Hall–Kier alpha value is -3.31. The Morgan fingerprint density at radius 1 is 0.931 bits per heavy atom. The summed E-state index contributed by atoms with van der Waals surface area (Å²) < 4.78 is 1.55. The smallest absolute Gasteiger partial charge is 0.307 e. The molecule has 0 amide bonds. The molecule has 4 rings (SSSR count). The van der Waals surface area contributed by atoms with Crippen molar-refractivity contribution in [3.8, 4) is 11.1 Å². The van der Waals surface area contributed by atoms with Gasteiger partial charge in [-0.3, -0.25) is 14.2 Å². The minimum absolute atomic E-state index is 0.123. The molecule has 0 saturated heterocycles. The maximum Gasteiger partial charge on any atom is 0.307 e.